The first-order valence-corrected chi connectivity index (χ1v) is 6.67. The molecule has 16 heavy (non-hydrogen) atoms. The smallest absolute Gasteiger partial charge is 0.272 e. The molecule has 5 nitrogen and oxygen atoms in total. The highest BCUT2D eigenvalue weighted by molar-refractivity contribution is 9.10. The molecule has 0 aliphatic carbocycles. The molecule has 0 unspecified atom stereocenters. The van der Waals surface area contributed by atoms with Crippen LogP contribution < -0.4 is 4.31 Å². The number of halogens is 1. The fourth-order valence-electron chi connectivity index (χ4n) is 1.44. The summed E-state index contributed by atoms with van der Waals surface area (Å²) in [4.78, 5) is 11.4. The first-order valence-electron chi connectivity index (χ1n) is 4.48. The molecule has 2 rings (SSSR count). The molecule has 1 aliphatic rings. The zero-order valence-electron chi connectivity index (χ0n) is 8.42. The van der Waals surface area contributed by atoms with E-state index in [-0.39, 0.29) is 6.54 Å². The summed E-state index contributed by atoms with van der Waals surface area (Å²) in [6.07, 6.45) is 0. The van der Waals surface area contributed by atoms with E-state index >= 15 is 0 Å². The van der Waals surface area contributed by atoms with Crippen LogP contribution in [0.3, 0.4) is 0 Å². The summed E-state index contributed by atoms with van der Waals surface area (Å²) < 4.78 is 26.2. The summed E-state index contributed by atoms with van der Waals surface area (Å²) >= 11 is 3.26. The van der Waals surface area contributed by atoms with Crippen molar-refractivity contribution in [2.45, 2.75) is 0 Å². The lowest BCUT2D eigenvalue weighted by molar-refractivity contribution is -0.123. The zero-order chi connectivity index (χ0) is 11.9. The quantitative estimate of drug-likeness (QED) is 0.777. The van der Waals surface area contributed by atoms with Crippen LogP contribution in [0.15, 0.2) is 28.7 Å². The maximum absolute atomic E-state index is 11.9. The molecule has 7 heteroatoms. The number of nitrogens with zero attached hydrogens (tertiary/aromatic N) is 2. The predicted octanol–water partition coefficient (Wildman–Crippen LogP) is 0.972. The molecule has 1 aromatic rings. The third-order valence-corrected chi connectivity index (χ3v) is 4.82. The van der Waals surface area contributed by atoms with Crippen LogP contribution in [-0.2, 0) is 15.0 Å². The van der Waals surface area contributed by atoms with Gasteiger partial charge in [-0.15, -0.1) is 0 Å². The number of para-hydroxylation sites is 1. The first kappa shape index (κ1) is 11.4. The Hall–Kier alpha value is -1.08. The van der Waals surface area contributed by atoms with Crippen molar-refractivity contribution in [3.8, 4) is 0 Å². The van der Waals surface area contributed by atoms with Crippen molar-refractivity contribution in [3.05, 3.63) is 28.7 Å². The maximum Gasteiger partial charge on any atom is 0.328 e. The number of benzene rings is 1. The molecular weight excluding hydrogens is 296 g/mol. The highest BCUT2D eigenvalue weighted by atomic mass is 79.9. The van der Waals surface area contributed by atoms with E-state index in [9.17, 15) is 13.2 Å². The largest absolute Gasteiger partial charge is 0.328 e. The summed E-state index contributed by atoms with van der Waals surface area (Å²) in [7, 11) is -2.44. The van der Waals surface area contributed by atoms with Gasteiger partial charge in [0.15, 0.2) is 0 Å². The number of hydrogen-bond acceptors (Lipinski definition) is 3. The standard InChI is InChI=1S/C9H9BrN2O3S/c1-11-9(13)6-12(16(11,14)15)8-5-3-2-4-7(8)10/h2-5H,6H2,1H3. The van der Waals surface area contributed by atoms with Crippen LogP contribution in [0.4, 0.5) is 5.69 Å². The lowest BCUT2D eigenvalue weighted by atomic mass is 10.3. The summed E-state index contributed by atoms with van der Waals surface area (Å²) in [5.74, 6) is -0.434. The van der Waals surface area contributed by atoms with Crippen LogP contribution in [0.2, 0.25) is 0 Å². The minimum absolute atomic E-state index is 0.151. The summed E-state index contributed by atoms with van der Waals surface area (Å²) in [6.45, 7) is -0.151. The van der Waals surface area contributed by atoms with Crippen LogP contribution in [0.5, 0.6) is 0 Å². The minimum atomic E-state index is -3.70. The number of carbonyl (C=O) groups is 1. The number of anilines is 1. The van der Waals surface area contributed by atoms with Gasteiger partial charge < -0.3 is 0 Å². The second-order valence-corrected chi connectivity index (χ2v) is 6.07. The zero-order valence-corrected chi connectivity index (χ0v) is 10.8. The van der Waals surface area contributed by atoms with Gasteiger partial charge in [0.2, 0.25) is 0 Å². The van der Waals surface area contributed by atoms with Gasteiger partial charge in [0.1, 0.15) is 6.54 Å². The van der Waals surface area contributed by atoms with Gasteiger partial charge in [-0.3, -0.25) is 4.79 Å². The normalized spacial score (nSPS) is 19.2. The van der Waals surface area contributed by atoms with E-state index in [2.05, 4.69) is 15.9 Å². The third kappa shape index (κ3) is 1.60. The van der Waals surface area contributed by atoms with Crippen molar-refractivity contribution in [2.75, 3.05) is 17.9 Å². The van der Waals surface area contributed by atoms with Gasteiger partial charge in [-0.25, -0.2) is 8.61 Å². The Labute approximate surface area is 102 Å². The Kier molecular flexibility index (Phi) is 2.67. The molecule has 1 aromatic carbocycles. The fourth-order valence-corrected chi connectivity index (χ4v) is 3.35. The molecule has 86 valence electrons. The second kappa shape index (κ2) is 3.74. The minimum Gasteiger partial charge on any atom is -0.272 e. The molecule has 1 saturated heterocycles. The van der Waals surface area contributed by atoms with Crippen LogP contribution in [0, 0.1) is 0 Å². The van der Waals surface area contributed by atoms with Gasteiger partial charge in [-0.2, -0.15) is 8.42 Å². The molecule has 0 spiro atoms. The third-order valence-electron chi connectivity index (χ3n) is 2.38. The number of carbonyl (C=O) groups excluding carboxylic acids is 1. The van der Waals surface area contributed by atoms with Crippen molar-refractivity contribution in [1.82, 2.24) is 4.31 Å². The maximum atomic E-state index is 11.9. The van der Waals surface area contributed by atoms with Crippen molar-refractivity contribution in [1.29, 1.82) is 0 Å². The highest BCUT2D eigenvalue weighted by Crippen LogP contribution is 2.31. The average Bonchev–Trinajstić information content (AvgIpc) is 2.43. The van der Waals surface area contributed by atoms with E-state index in [1.54, 1.807) is 24.3 Å². The Bertz CT molecular complexity index is 543. The van der Waals surface area contributed by atoms with Gasteiger partial charge in [-0.1, -0.05) is 12.1 Å². The monoisotopic (exact) mass is 304 g/mol. The molecule has 0 radical (unpaired) electrons. The van der Waals surface area contributed by atoms with Gasteiger partial charge in [0.25, 0.3) is 5.91 Å². The Morgan fingerprint density at radius 3 is 2.44 bits per heavy atom. The first-order chi connectivity index (χ1) is 7.44. The molecule has 1 aliphatic heterocycles. The Balaban J connectivity index is 2.52. The second-order valence-electron chi connectivity index (χ2n) is 3.33. The van der Waals surface area contributed by atoms with Crippen LogP contribution in [0.1, 0.15) is 0 Å². The number of amides is 1. The SMILES string of the molecule is CN1C(=O)CN(c2ccccc2Br)S1(=O)=O. The van der Waals surface area contributed by atoms with E-state index in [4.69, 9.17) is 0 Å². The average molecular weight is 305 g/mol. The summed E-state index contributed by atoms with van der Waals surface area (Å²) in [5, 5.41) is 0. The van der Waals surface area contributed by atoms with Crippen molar-refractivity contribution >= 4 is 37.7 Å². The molecule has 0 atom stereocenters. The van der Waals surface area contributed by atoms with Crippen LogP contribution in [-0.4, -0.2) is 32.2 Å². The molecular formula is C9H9BrN2O3S. The Morgan fingerprint density at radius 2 is 1.94 bits per heavy atom. The topological polar surface area (TPSA) is 57.7 Å². The van der Waals surface area contributed by atoms with Crippen LogP contribution >= 0.6 is 15.9 Å². The van der Waals surface area contributed by atoms with Gasteiger partial charge in [0, 0.05) is 11.5 Å². The van der Waals surface area contributed by atoms with Gasteiger partial charge in [0.05, 0.1) is 5.69 Å². The number of hydrogen-bond donors (Lipinski definition) is 0. The van der Waals surface area contributed by atoms with Crippen molar-refractivity contribution in [2.24, 2.45) is 0 Å². The number of rotatable bonds is 1. The summed E-state index contributed by atoms with van der Waals surface area (Å²) in [5.41, 5.74) is 0.472. The molecule has 0 N–H and O–H groups in total. The van der Waals surface area contributed by atoms with E-state index in [0.29, 0.717) is 10.2 Å². The van der Waals surface area contributed by atoms with Gasteiger partial charge >= 0.3 is 10.2 Å². The molecule has 0 bridgehead atoms. The predicted molar refractivity (Wildman–Crippen MR) is 63.2 cm³/mol. The van der Waals surface area contributed by atoms with Crippen molar-refractivity contribution < 1.29 is 13.2 Å². The summed E-state index contributed by atoms with van der Waals surface area (Å²) in [6, 6.07) is 6.88. The molecule has 1 amide bonds. The number of likely N-dealkylation sites (N-methyl/N-ethyl adjacent to an activating group) is 1. The molecule has 1 heterocycles. The molecule has 0 saturated carbocycles. The van der Waals surface area contributed by atoms with Crippen LogP contribution in [0.25, 0.3) is 0 Å². The molecule has 1 fully saturated rings. The molecule has 0 aromatic heterocycles. The van der Waals surface area contributed by atoms with Crippen molar-refractivity contribution in [3.63, 3.8) is 0 Å². The van der Waals surface area contributed by atoms with E-state index in [0.717, 1.165) is 8.61 Å². The lowest BCUT2D eigenvalue weighted by Crippen LogP contribution is -2.31. The lowest BCUT2D eigenvalue weighted by Gasteiger charge is -2.18. The Morgan fingerprint density at radius 1 is 1.31 bits per heavy atom. The fraction of sp³-hybridized carbons (Fsp3) is 0.222. The van der Waals surface area contributed by atoms with Gasteiger partial charge in [-0.05, 0) is 28.1 Å². The highest BCUT2D eigenvalue weighted by Gasteiger charge is 2.40. The van der Waals surface area contributed by atoms with E-state index in [1.807, 2.05) is 0 Å². The van der Waals surface area contributed by atoms with E-state index < -0.39 is 16.1 Å². The van der Waals surface area contributed by atoms with E-state index in [1.165, 1.54) is 7.05 Å².